The van der Waals surface area contributed by atoms with E-state index in [4.69, 9.17) is 4.52 Å². The van der Waals surface area contributed by atoms with Gasteiger partial charge >= 0.3 is 6.18 Å². The van der Waals surface area contributed by atoms with Crippen LogP contribution in [0.4, 0.5) is 19.0 Å². The first-order valence-electron chi connectivity index (χ1n) is 8.64. The maximum absolute atomic E-state index is 14.1. The molecule has 1 atom stereocenters. The molecule has 0 saturated carbocycles. The highest BCUT2D eigenvalue weighted by atomic mass is 32.2. The third kappa shape index (κ3) is 3.06. The van der Waals surface area contributed by atoms with E-state index >= 15 is 0 Å². The van der Waals surface area contributed by atoms with Gasteiger partial charge in [0.2, 0.25) is 5.89 Å². The number of nitrogens with zero attached hydrogens (tertiary/aromatic N) is 4. The van der Waals surface area contributed by atoms with Crippen molar-refractivity contribution in [2.45, 2.75) is 36.8 Å². The lowest BCUT2D eigenvalue weighted by atomic mass is 9.86. The molecule has 0 radical (unpaired) electrons. The van der Waals surface area contributed by atoms with Crippen LogP contribution in [0.3, 0.4) is 0 Å². The molecule has 26 heavy (non-hydrogen) atoms. The van der Waals surface area contributed by atoms with Crippen LogP contribution in [0.15, 0.2) is 28.9 Å². The van der Waals surface area contributed by atoms with Gasteiger partial charge in [-0.3, -0.25) is 0 Å². The van der Waals surface area contributed by atoms with E-state index in [1.807, 2.05) is 11.8 Å². The highest BCUT2D eigenvalue weighted by molar-refractivity contribution is 7.99. The standard InChI is InChI=1S/C17H19F3N4OS/c18-17(19,20)16(6-8-24(11-16)13-3-1-2-7-21-13)15-22-14(23-25-15)12-4-9-26-10-5-12/h1-3,7,12H,4-6,8-11H2. The van der Waals surface area contributed by atoms with E-state index in [0.29, 0.717) is 11.6 Å². The normalized spacial score (nSPS) is 25.0. The van der Waals surface area contributed by atoms with Gasteiger partial charge in [0, 0.05) is 25.2 Å². The van der Waals surface area contributed by atoms with Crippen molar-refractivity contribution in [2.75, 3.05) is 29.5 Å². The van der Waals surface area contributed by atoms with Gasteiger partial charge in [-0.2, -0.15) is 29.9 Å². The van der Waals surface area contributed by atoms with Crippen molar-refractivity contribution >= 4 is 17.6 Å². The minimum Gasteiger partial charge on any atom is -0.355 e. The van der Waals surface area contributed by atoms with Gasteiger partial charge in [-0.05, 0) is 42.9 Å². The van der Waals surface area contributed by atoms with Crippen molar-refractivity contribution in [3.05, 3.63) is 36.1 Å². The zero-order valence-corrected chi connectivity index (χ0v) is 14.9. The molecular weight excluding hydrogens is 365 g/mol. The van der Waals surface area contributed by atoms with Crippen molar-refractivity contribution in [3.8, 4) is 0 Å². The topological polar surface area (TPSA) is 55.1 Å². The van der Waals surface area contributed by atoms with E-state index in [1.54, 1.807) is 29.3 Å². The Labute approximate surface area is 153 Å². The fraction of sp³-hybridized carbons (Fsp3) is 0.588. The molecule has 4 heterocycles. The molecule has 0 amide bonds. The summed E-state index contributed by atoms with van der Waals surface area (Å²) in [5, 5.41) is 3.91. The molecule has 2 fully saturated rings. The van der Waals surface area contributed by atoms with Crippen LogP contribution in [-0.2, 0) is 5.41 Å². The summed E-state index contributed by atoms with van der Waals surface area (Å²) in [5.41, 5.74) is -2.14. The van der Waals surface area contributed by atoms with Gasteiger partial charge in [-0.15, -0.1) is 0 Å². The van der Waals surface area contributed by atoms with Crippen LogP contribution in [0.5, 0.6) is 0 Å². The van der Waals surface area contributed by atoms with E-state index in [9.17, 15) is 13.2 Å². The van der Waals surface area contributed by atoms with Crippen LogP contribution in [0.2, 0.25) is 0 Å². The summed E-state index contributed by atoms with van der Waals surface area (Å²) in [4.78, 5) is 10.0. The smallest absolute Gasteiger partial charge is 0.355 e. The molecule has 0 spiro atoms. The van der Waals surface area contributed by atoms with E-state index in [1.165, 1.54) is 0 Å². The van der Waals surface area contributed by atoms with Crippen molar-refractivity contribution in [1.29, 1.82) is 0 Å². The second-order valence-corrected chi connectivity index (χ2v) is 8.01. The number of hydrogen-bond donors (Lipinski definition) is 0. The molecule has 2 aromatic rings. The molecule has 0 bridgehead atoms. The monoisotopic (exact) mass is 384 g/mol. The Bertz CT molecular complexity index is 748. The first-order chi connectivity index (χ1) is 12.5. The van der Waals surface area contributed by atoms with Gasteiger partial charge < -0.3 is 9.42 Å². The Morgan fingerprint density at radius 2 is 2.04 bits per heavy atom. The summed E-state index contributed by atoms with van der Waals surface area (Å²) in [6.45, 7) is -0.00995. The van der Waals surface area contributed by atoms with Gasteiger partial charge in [-0.25, -0.2) is 4.98 Å². The molecule has 0 aromatic carbocycles. The zero-order chi connectivity index (χ0) is 18.2. The van der Waals surface area contributed by atoms with Gasteiger partial charge in [0.25, 0.3) is 0 Å². The highest BCUT2D eigenvalue weighted by Gasteiger charge is 2.63. The van der Waals surface area contributed by atoms with E-state index < -0.39 is 11.6 Å². The first kappa shape index (κ1) is 17.6. The van der Waals surface area contributed by atoms with Crippen molar-refractivity contribution in [1.82, 2.24) is 15.1 Å². The summed E-state index contributed by atoms with van der Waals surface area (Å²) in [6.07, 6.45) is -1.25. The van der Waals surface area contributed by atoms with Gasteiger partial charge in [0.15, 0.2) is 11.2 Å². The first-order valence-corrected chi connectivity index (χ1v) is 9.80. The fourth-order valence-corrected chi connectivity index (χ4v) is 4.73. The minimum absolute atomic E-state index is 0.0901. The molecular formula is C17H19F3N4OS. The number of anilines is 1. The molecule has 9 heteroatoms. The highest BCUT2D eigenvalue weighted by Crippen LogP contribution is 2.48. The summed E-state index contributed by atoms with van der Waals surface area (Å²) < 4.78 is 47.4. The predicted molar refractivity (Wildman–Crippen MR) is 92.4 cm³/mol. The molecule has 5 nitrogen and oxygen atoms in total. The van der Waals surface area contributed by atoms with Crippen molar-refractivity contribution in [2.24, 2.45) is 0 Å². The van der Waals surface area contributed by atoms with Crippen LogP contribution in [-0.4, -0.2) is 45.9 Å². The predicted octanol–water partition coefficient (Wildman–Crippen LogP) is 3.79. The Morgan fingerprint density at radius 3 is 2.73 bits per heavy atom. The van der Waals surface area contributed by atoms with Crippen molar-refractivity contribution in [3.63, 3.8) is 0 Å². The largest absolute Gasteiger partial charge is 0.405 e. The number of aromatic nitrogens is 3. The molecule has 0 aliphatic carbocycles. The summed E-state index contributed by atoms with van der Waals surface area (Å²) >= 11 is 1.85. The molecule has 2 aliphatic rings. The van der Waals surface area contributed by atoms with E-state index in [2.05, 4.69) is 15.1 Å². The number of thioether (sulfide) groups is 1. The van der Waals surface area contributed by atoms with Crippen molar-refractivity contribution < 1.29 is 17.7 Å². The maximum Gasteiger partial charge on any atom is 0.405 e. The Morgan fingerprint density at radius 1 is 1.23 bits per heavy atom. The Kier molecular flexibility index (Phi) is 4.58. The number of alkyl halides is 3. The zero-order valence-electron chi connectivity index (χ0n) is 14.1. The summed E-state index contributed by atoms with van der Waals surface area (Å²) in [5.74, 6) is 2.69. The van der Waals surface area contributed by atoms with E-state index in [0.717, 1.165) is 24.3 Å². The number of hydrogen-bond acceptors (Lipinski definition) is 6. The molecule has 2 aliphatic heterocycles. The Hall–Kier alpha value is -1.77. The SMILES string of the molecule is FC(F)(F)C1(c2nc(C3CCSCC3)no2)CCN(c2ccccn2)C1. The Balaban J connectivity index is 1.63. The second kappa shape index (κ2) is 6.75. The van der Waals surface area contributed by atoms with Crippen LogP contribution < -0.4 is 4.90 Å². The van der Waals surface area contributed by atoms with Crippen LogP contribution in [0, 0.1) is 0 Å². The second-order valence-electron chi connectivity index (χ2n) is 6.78. The molecule has 140 valence electrons. The number of rotatable bonds is 3. The molecule has 0 N–H and O–H groups in total. The molecule has 2 aromatic heterocycles. The van der Waals surface area contributed by atoms with E-state index in [-0.39, 0.29) is 31.3 Å². The molecule has 2 saturated heterocycles. The third-order valence-electron chi connectivity index (χ3n) is 5.22. The third-order valence-corrected chi connectivity index (χ3v) is 6.27. The summed E-state index contributed by atoms with van der Waals surface area (Å²) in [6, 6.07) is 5.22. The van der Waals surface area contributed by atoms with Crippen LogP contribution >= 0.6 is 11.8 Å². The van der Waals surface area contributed by atoms with Gasteiger partial charge in [0.1, 0.15) is 5.82 Å². The average Bonchev–Trinajstić information content (AvgIpc) is 3.31. The lowest BCUT2D eigenvalue weighted by molar-refractivity contribution is -0.191. The number of halogens is 3. The molecule has 1 unspecified atom stereocenters. The maximum atomic E-state index is 14.1. The summed E-state index contributed by atoms with van der Waals surface area (Å²) in [7, 11) is 0. The van der Waals surface area contributed by atoms with Crippen LogP contribution in [0.1, 0.15) is 36.9 Å². The quantitative estimate of drug-likeness (QED) is 0.803. The number of pyridine rings is 1. The lowest BCUT2D eigenvalue weighted by Gasteiger charge is -2.28. The average molecular weight is 384 g/mol. The minimum atomic E-state index is -4.47. The van der Waals surface area contributed by atoms with Gasteiger partial charge in [-0.1, -0.05) is 11.2 Å². The van der Waals surface area contributed by atoms with Crippen LogP contribution in [0.25, 0.3) is 0 Å². The lowest BCUT2D eigenvalue weighted by Crippen LogP contribution is -2.45. The van der Waals surface area contributed by atoms with Gasteiger partial charge in [0.05, 0.1) is 0 Å². The molecule has 4 rings (SSSR count). The fourth-order valence-electron chi connectivity index (χ4n) is 3.62.